The zero-order valence-corrected chi connectivity index (χ0v) is 25.6. The van der Waals surface area contributed by atoms with E-state index < -0.39 is 68.1 Å². The molecule has 3 amide bonds. The Hall–Kier alpha value is -4.45. The molecule has 0 aliphatic carbocycles. The number of anilines is 2. The van der Waals surface area contributed by atoms with E-state index >= 15 is 0 Å². The fourth-order valence-electron chi connectivity index (χ4n) is 5.32. The third kappa shape index (κ3) is 6.05. The fraction of sp³-hybridized carbons (Fsp3) is 0.172. The third-order valence-corrected chi connectivity index (χ3v) is 10.6. The second kappa shape index (κ2) is 11.7. The number of thiazole rings is 1. The lowest BCUT2D eigenvalue weighted by Gasteiger charge is -2.30. The number of benzene rings is 3. The largest absolute Gasteiger partial charge is 0.484 e. The minimum atomic E-state index is -4.69. The lowest BCUT2D eigenvalue weighted by Crippen LogP contribution is -2.32. The van der Waals surface area contributed by atoms with Crippen LogP contribution in [0.25, 0.3) is 0 Å². The molecule has 1 aromatic heterocycles. The van der Waals surface area contributed by atoms with E-state index in [2.05, 4.69) is 10.3 Å². The summed E-state index contributed by atoms with van der Waals surface area (Å²) < 4.78 is 68.8. The molecule has 0 spiro atoms. The predicted octanol–water partition coefficient (Wildman–Crippen LogP) is 3.92. The van der Waals surface area contributed by atoms with Gasteiger partial charge in [0.05, 0.1) is 27.1 Å². The number of nitrogens with zero attached hydrogens (tertiary/aromatic N) is 1. The van der Waals surface area contributed by atoms with Gasteiger partial charge in [0.15, 0.2) is 6.61 Å². The second-order valence-corrected chi connectivity index (χ2v) is 14.0. The molecule has 4 aromatic rings. The number of primary sulfonamides is 1. The number of H-pyrrole nitrogens is 1. The first kappa shape index (κ1) is 31.5. The number of fused-ring (bicyclic) bond motifs is 2. The van der Waals surface area contributed by atoms with Crippen LogP contribution in [0.15, 0.2) is 87.5 Å². The highest BCUT2D eigenvalue weighted by molar-refractivity contribution is 8.00. The minimum absolute atomic E-state index is 0.127. The maximum Gasteiger partial charge on any atom is 0.416 e. The molecule has 3 aromatic carbocycles. The van der Waals surface area contributed by atoms with E-state index in [1.807, 2.05) is 0 Å². The molecule has 0 saturated carbocycles. The van der Waals surface area contributed by atoms with Crippen LogP contribution in [-0.4, -0.2) is 43.0 Å². The van der Waals surface area contributed by atoms with E-state index in [1.54, 1.807) is 24.3 Å². The van der Waals surface area contributed by atoms with E-state index in [0.29, 0.717) is 21.2 Å². The monoisotopic (exact) mass is 690 g/mol. The van der Waals surface area contributed by atoms with Gasteiger partial charge in [-0.3, -0.25) is 19.2 Å². The number of alkyl halides is 3. The molecule has 3 atom stereocenters. The smallest absolute Gasteiger partial charge is 0.416 e. The normalized spacial score (nSPS) is 19.5. The van der Waals surface area contributed by atoms with Crippen molar-refractivity contribution in [3.05, 3.63) is 98.5 Å². The average Bonchev–Trinajstić information content (AvgIpc) is 3.49. The third-order valence-electron chi connectivity index (χ3n) is 7.31. The van der Waals surface area contributed by atoms with Crippen LogP contribution < -0.4 is 25.0 Å². The van der Waals surface area contributed by atoms with E-state index in [9.17, 15) is 40.8 Å². The molecule has 238 valence electrons. The molecule has 1 saturated heterocycles. The summed E-state index contributed by atoms with van der Waals surface area (Å²) in [6.07, 6.45) is -4.69. The van der Waals surface area contributed by atoms with Crippen LogP contribution >= 0.6 is 23.1 Å². The Morgan fingerprint density at radius 1 is 1.00 bits per heavy atom. The van der Waals surface area contributed by atoms with Gasteiger partial charge in [-0.05, 0) is 60.2 Å². The molecule has 1 fully saturated rings. The number of imide groups is 1. The van der Waals surface area contributed by atoms with Crippen molar-refractivity contribution in [3.8, 4) is 5.75 Å². The first-order chi connectivity index (χ1) is 21.7. The first-order valence-corrected chi connectivity index (χ1v) is 16.5. The van der Waals surface area contributed by atoms with Gasteiger partial charge in [0.1, 0.15) is 11.0 Å². The average molecular weight is 691 g/mol. The highest BCUT2D eigenvalue weighted by Crippen LogP contribution is 2.53. The van der Waals surface area contributed by atoms with Gasteiger partial charge < -0.3 is 15.0 Å². The number of ether oxygens (including phenoxy) is 1. The van der Waals surface area contributed by atoms with Crippen LogP contribution in [0, 0.1) is 5.92 Å². The fourth-order valence-corrected chi connectivity index (χ4v) is 8.35. The SMILES string of the molecule is NS(=O)(=O)c1ccc(NC(=O)COc2cccc([C@@H]3c4sc(=O)[nH]c4S[C@H]4C(=O)N(c5cccc(C(F)(F)F)c5)C(=O)[C@@H]34)c2)cc1. The standard InChI is InChI=1S/C29H21F3N4O7S3/c30-29(31,32)15-4-2-5-17(12-15)36-26(38)22-21(23-25(35-28(40)45-23)44-24(22)27(36)39)14-3-1-6-18(11-14)43-13-20(37)34-16-7-9-19(10-8-16)46(33,41)42/h1-12,21-22,24H,13H2,(H,34,37)(H,35,40)(H2,33,41,42)/t21-,22-,24+/m0/s1. The summed E-state index contributed by atoms with van der Waals surface area (Å²) in [7, 11) is -3.90. The number of carbonyl (C=O) groups excluding carboxylic acids is 3. The van der Waals surface area contributed by atoms with Gasteiger partial charge in [0.25, 0.3) is 5.91 Å². The number of hydrogen-bond acceptors (Lipinski definition) is 9. The Balaban J connectivity index is 1.26. The molecule has 2 aliphatic rings. The number of aromatic amines is 1. The van der Waals surface area contributed by atoms with E-state index in [0.717, 1.165) is 46.2 Å². The summed E-state index contributed by atoms with van der Waals surface area (Å²) in [5.41, 5.74) is -0.444. The molecule has 46 heavy (non-hydrogen) atoms. The number of aromatic nitrogens is 1. The Bertz CT molecular complexity index is 2050. The molecule has 2 aliphatic heterocycles. The summed E-state index contributed by atoms with van der Waals surface area (Å²) in [5, 5.41) is 7.00. The number of rotatable bonds is 7. The molecule has 0 radical (unpaired) electrons. The Morgan fingerprint density at radius 3 is 2.41 bits per heavy atom. The van der Waals surface area contributed by atoms with Gasteiger partial charge in [-0.2, -0.15) is 13.2 Å². The molecule has 4 N–H and O–H groups in total. The number of amides is 3. The van der Waals surface area contributed by atoms with Crippen LogP contribution in [0.5, 0.6) is 5.75 Å². The van der Waals surface area contributed by atoms with Crippen molar-refractivity contribution < 1.29 is 40.7 Å². The van der Waals surface area contributed by atoms with Crippen LogP contribution in [0.4, 0.5) is 24.5 Å². The Morgan fingerprint density at radius 2 is 1.72 bits per heavy atom. The highest BCUT2D eigenvalue weighted by atomic mass is 32.2. The van der Waals surface area contributed by atoms with Crippen molar-refractivity contribution in [2.45, 2.75) is 27.3 Å². The van der Waals surface area contributed by atoms with Crippen LogP contribution in [0.3, 0.4) is 0 Å². The number of nitrogens with one attached hydrogen (secondary N) is 2. The molecule has 0 unspecified atom stereocenters. The number of nitrogens with two attached hydrogens (primary N) is 1. The number of carbonyl (C=O) groups is 3. The van der Waals surface area contributed by atoms with Crippen LogP contribution in [0.2, 0.25) is 0 Å². The highest BCUT2D eigenvalue weighted by Gasteiger charge is 2.56. The number of halogens is 3. The topological polar surface area (TPSA) is 169 Å². The lowest BCUT2D eigenvalue weighted by atomic mass is 9.83. The van der Waals surface area contributed by atoms with Gasteiger partial charge in [-0.15, -0.1) is 0 Å². The van der Waals surface area contributed by atoms with E-state index in [1.165, 1.54) is 30.3 Å². The van der Waals surface area contributed by atoms with Crippen molar-refractivity contribution in [2.24, 2.45) is 11.1 Å². The van der Waals surface area contributed by atoms with Crippen molar-refractivity contribution >= 4 is 62.2 Å². The van der Waals surface area contributed by atoms with Crippen molar-refractivity contribution in [1.82, 2.24) is 4.98 Å². The molecular weight excluding hydrogens is 670 g/mol. The van der Waals surface area contributed by atoms with Gasteiger partial charge in [0, 0.05) is 16.5 Å². The van der Waals surface area contributed by atoms with Crippen molar-refractivity contribution in [2.75, 3.05) is 16.8 Å². The quantitative estimate of drug-likeness (QED) is 0.245. The van der Waals surface area contributed by atoms with Crippen LogP contribution in [0.1, 0.15) is 21.9 Å². The van der Waals surface area contributed by atoms with Gasteiger partial charge in [-0.25, -0.2) is 18.5 Å². The molecular formula is C29H21F3N4O7S3. The summed E-state index contributed by atoms with van der Waals surface area (Å²) in [6, 6.07) is 15.5. The Labute approximate surface area is 266 Å². The maximum atomic E-state index is 13.9. The number of hydrogen-bond donors (Lipinski definition) is 3. The first-order valence-electron chi connectivity index (χ1n) is 13.3. The summed E-state index contributed by atoms with van der Waals surface area (Å²) in [4.78, 5) is 55.7. The molecule has 0 bridgehead atoms. The van der Waals surface area contributed by atoms with E-state index in [-0.39, 0.29) is 16.3 Å². The van der Waals surface area contributed by atoms with Crippen LogP contribution in [-0.2, 0) is 30.6 Å². The summed E-state index contributed by atoms with van der Waals surface area (Å²) >= 11 is 1.85. The van der Waals surface area contributed by atoms with Gasteiger partial charge >= 0.3 is 11.0 Å². The zero-order chi connectivity index (χ0) is 33.0. The maximum absolute atomic E-state index is 13.9. The van der Waals surface area contributed by atoms with Crippen molar-refractivity contribution in [1.29, 1.82) is 0 Å². The zero-order valence-electron chi connectivity index (χ0n) is 23.1. The predicted molar refractivity (Wildman–Crippen MR) is 162 cm³/mol. The lowest BCUT2D eigenvalue weighted by molar-refractivity contribution is -0.137. The molecule has 17 heteroatoms. The molecule has 6 rings (SSSR count). The molecule has 3 heterocycles. The summed E-state index contributed by atoms with van der Waals surface area (Å²) in [6.45, 7) is -0.448. The van der Waals surface area contributed by atoms with E-state index in [4.69, 9.17) is 9.88 Å². The van der Waals surface area contributed by atoms with Gasteiger partial charge in [0.2, 0.25) is 21.8 Å². The van der Waals surface area contributed by atoms with Gasteiger partial charge in [-0.1, -0.05) is 41.3 Å². The summed E-state index contributed by atoms with van der Waals surface area (Å²) in [5.74, 6) is -3.64. The second-order valence-electron chi connectivity index (χ2n) is 10.3. The Kier molecular flexibility index (Phi) is 8.04. The van der Waals surface area contributed by atoms with Crippen molar-refractivity contribution in [3.63, 3.8) is 0 Å². The number of sulfonamides is 1. The minimum Gasteiger partial charge on any atom is -0.484 e. The molecule has 11 nitrogen and oxygen atoms in total. The number of thioether (sulfide) groups is 1.